The molecular weight excluding hydrogens is 291 g/mol. The van der Waals surface area contributed by atoms with E-state index in [4.69, 9.17) is 0 Å². The van der Waals surface area contributed by atoms with Crippen LogP contribution in [0.3, 0.4) is 0 Å². The zero-order valence-corrected chi connectivity index (χ0v) is 11.6. The summed E-state index contributed by atoms with van der Waals surface area (Å²) in [4.78, 5) is 11.9. The van der Waals surface area contributed by atoms with Crippen molar-refractivity contribution >= 4 is 5.78 Å². The van der Waals surface area contributed by atoms with Crippen LogP contribution in [0.5, 0.6) is 0 Å². The number of allylic oxidation sites excluding steroid dienone is 2. The first-order chi connectivity index (χ1) is 10.5. The summed E-state index contributed by atoms with van der Waals surface area (Å²) >= 11 is 0. The summed E-state index contributed by atoms with van der Waals surface area (Å²) in [5.74, 6) is -0.687. The van der Waals surface area contributed by atoms with Gasteiger partial charge in [0.25, 0.3) is 0 Å². The lowest BCUT2D eigenvalue weighted by molar-refractivity contribution is -0.0969. The molecule has 22 heavy (non-hydrogen) atoms. The number of carbonyl (C=O) groups is 1. The van der Waals surface area contributed by atoms with Crippen LogP contribution >= 0.6 is 0 Å². The average molecular weight is 305 g/mol. The molecular formula is C17H14F3NO. The number of ketones is 1. The molecule has 0 aliphatic rings. The Labute approximate surface area is 126 Å². The van der Waals surface area contributed by atoms with Gasteiger partial charge in [0.2, 0.25) is 0 Å². The van der Waals surface area contributed by atoms with Gasteiger partial charge in [-0.25, -0.2) is 0 Å². The zero-order valence-electron chi connectivity index (χ0n) is 11.6. The Balaban J connectivity index is 2.16. The van der Waals surface area contributed by atoms with E-state index in [1.165, 1.54) is 12.1 Å². The van der Waals surface area contributed by atoms with Crippen molar-refractivity contribution in [2.45, 2.75) is 12.7 Å². The maximum Gasteiger partial charge on any atom is 0.431 e. The number of benzene rings is 2. The van der Waals surface area contributed by atoms with Crippen LogP contribution in [0.1, 0.15) is 15.9 Å². The molecule has 2 rings (SSSR count). The van der Waals surface area contributed by atoms with E-state index < -0.39 is 17.7 Å². The molecule has 0 aliphatic carbocycles. The molecule has 0 amide bonds. The third-order valence-corrected chi connectivity index (χ3v) is 2.96. The fraction of sp³-hybridized carbons (Fsp3) is 0.118. The smallest absolute Gasteiger partial charge is 0.377 e. The lowest BCUT2D eigenvalue weighted by Crippen LogP contribution is -2.27. The molecule has 2 nitrogen and oxygen atoms in total. The van der Waals surface area contributed by atoms with Crippen molar-refractivity contribution in [1.82, 2.24) is 5.32 Å². The Morgan fingerprint density at radius 2 is 1.50 bits per heavy atom. The molecule has 2 aromatic rings. The number of nitrogens with one attached hydrogen (secondary N) is 1. The summed E-state index contributed by atoms with van der Waals surface area (Å²) in [6.07, 6.45) is -4.02. The third-order valence-electron chi connectivity index (χ3n) is 2.96. The molecule has 0 radical (unpaired) electrons. The molecule has 2 aromatic carbocycles. The number of halogens is 3. The maximum absolute atomic E-state index is 13.0. The van der Waals surface area contributed by atoms with E-state index in [0.717, 1.165) is 0 Å². The van der Waals surface area contributed by atoms with E-state index in [-0.39, 0.29) is 12.1 Å². The predicted molar refractivity (Wildman–Crippen MR) is 78.2 cm³/mol. The molecule has 1 N–H and O–H groups in total. The highest BCUT2D eigenvalue weighted by molar-refractivity contribution is 6.04. The molecule has 0 aromatic heterocycles. The van der Waals surface area contributed by atoms with Crippen molar-refractivity contribution in [3.63, 3.8) is 0 Å². The number of rotatable bonds is 5. The Hall–Kier alpha value is -2.56. The molecule has 0 saturated heterocycles. The van der Waals surface area contributed by atoms with Gasteiger partial charge in [-0.3, -0.25) is 4.79 Å². The Kier molecular flexibility index (Phi) is 4.99. The fourth-order valence-corrected chi connectivity index (χ4v) is 1.84. The largest absolute Gasteiger partial charge is 0.431 e. The van der Waals surface area contributed by atoms with Gasteiger partial charge < -0.3 is 5.32 Å². The van der Waals surface area contributed by atoms with Gasteiger partial charge in [0.05, 0.1) is 0 Å². The summed E-state index contributed by atoms with van der Waals surface area (Å²) in [5.41, 5.74) is -0.138. The van der Waals surface area contributed by atoms with Crippen molar-refractivity contribution in [1.29, 1.82) is 0 Å². The minimum atomic E-state index is -4.61. The first-order valence-electron chi connectivity index (χ1n) is 6.63. The van der Waals surface area contributed by atoms with E-state index in [1.54, 1.807) is 48.5 Å². The topological polar surface area (TPSA) is 29.1 Å². The minimum Gasteiger partial charge on any atom is -0.377 e. The SMILES string of the molecule is O=C(/C=C(\NCc1ccccc1)C(F)(F)F)c1ccccc1. The first kappa shape index (κ1) is 15.8. The standard InChI is InChI=1S/C17H14F3NO/c18-17(19,20)16(21-12-13-7-3-1-4-8-13)11-15(22)14-9-5-2-6-10-14/h1-11,21H,12H2/b16-11-. The summed E-state index contributed by atoms with van der Waals surface area (Å²) in [6, 6.07) is 16.5. The van der Waals surface area contributed by atoms with Crippen LogP contribution in [-0.2, 0) is 6.54 Å². The van der Waals surface area contributed by atoms with Gasteiger partial charge in [0, 0.05) is 18.2 Å². The van der Waals surface area contributed by atoms with Crippen LogP contribution in [0, 0.1) is 0 Å². The zero-order chi connectivity index (χ0) is 16.0. The highest BCUT2D eigenvalue weighted by Gasteiger charge is 2.34. The third kappa shape index (κ3) is 4.48. The molecule has 0 spiro atoms. The Bertz CT molecular complexity index is 649. The second kappa shape index (κ2) is 6.93. The highest BCUT2D eigenvalue weighted by atomic mass is 19.4. The molecule has 0 bridgehead atoms. The Morgan fingerprint density at radius 1 is 0.955 bits per heavy atom. The molecule has 0 unspecified atom stereocenters. The van der Waals surface area contributed by atoms with Crippen LogP contribution in [0.2, 0.25) is 0 Å². The average Bonchev–Trinajstić information content (AvgIpc) is 2.52. The monoisotopic (exact) mass is 305 g/mol. The second-order valence-corrected chi connectivity index (χ2v) is 4.63. The number of hydrogen-bond donors (Lipinski definition) is 1. The molecule has 0 aliphatic heterocycles. The number of alkyl halides is 3. The van der Waals surface area contributed by atoms with Crippen molar-refractivity contribution in [2.24, 2.45) is 0 Å². The van der Waals surface area contributed by atoms with Gasteiger partial charge in [-0.2, -0.15) is 13.2 Å². The Morgan fingerprint density at radius 3 is 2.05 bits per heavy atom. The molecule has 0 heterocycles. The minimum absolute atomic E-state index is 0.00570. The van der Waals surface area contributed by atoms with E-state index in [9.17, 15) is 18.0 Å². The summed E-state index contributed by atoms with van der Waals surface area (Å²) < 4.78 is 39.0. The summed E-state index contributed by atoms with van der Waals surface area (Å²) in [7, 11) is 0. The molecule has 0 fully saturated rings. The van der Waals surface area contributed by atoms with Gasteiger partial charge in [-0.05, 0) is 5.56 Å². The van der Waals surface area contributed by atoms with Crippen molar-refractivity contribution in [3.8, 4) is 0 Å². The van der Waals surface area contributed by atoms with Crippen LogP contribution in [0.4, 0.5) is 13.2 Å². The molecule has 5 heteroatoms. The van der Waals surface area contributed by atoms with Crippen LogP contribution in [0.15, 0.2) is 72.4 Å². The predicted octanol–water partition coefficient (Wildman–Crippen LogP) is 4.11. The lowest BCUT2D eigenvalue weighted by atomic mass is 10.1. The number of hydrogen-bond acceptors (Lipinski definition) is 2. The van der Waals surface area contributed by atoms with Crippen LogP contribution < -0.4 is 5.32 Å². The summed E-state index contributed by atoms with van der Waals surface area (Å²) in [6.45, 7) is -0.00570. The quantitative estimate of drug-likeness (QED) is 0.665. The number of carbonyl (C=O) groups excluding carboxylic acids is 1. The van der Waals surface area contributed by atoms with E-state index in [0.29, 0.717) is 11.6 Å². The fourth-order valence-electron chi connectivity index (χ4n) is 1.84. The molecule has 0 saturated carbocycles. The van der Waals surface area contributed by atoms with Crippen LogP contribution in [-0.4, -0.2) is 12.0 Å². The highest BCUT2D eigenvalue weighted by Crippen LogP contribution is 2.24. The second-order valence-electron chi connectivity index (χ2n) is 4.63. The van der Waals surface area contributed by atoms with Crippen molar-refractivity contribution < 1.29 is 18.0 Å². The van der Waals surface area contributed by atoms with Gasteiger partial charge in [-0.15, -0.1) is 0 Å². The van der Waals surface area contributed by atoms with Gasteiger partial charge in [0.15, 0.2) is 5.78 Å². The maximum atomic E-state index is 13.0. The normalized spacial score (nSPS) is 12.0. The van der Waals surface area contributed by atoms with Gasteiger partial charge >= 0.3 is 6.18 Å². The first-order valence-corrected chi connectivity index (χ1v) is 6.63. The van der Waals surface area contributed by atoms with Gasteiger partial charge in [-0.1, -0.05) is 60.7 Å². The summed E-state index contributed by atoms with van der Waals surface area (Å²) in [5, 5.41) is 2.29. The van der Waals surface area contributed by atoms with E-state index in [2.05, 4.69) is 5.32 Å². The van der Waals surface area contributed by atoms with Crippen molar-refractivity contribution in [3.05, 3.63) is 83.6 Å². The van der Waals surface area contributed by atoms with Crippen molar-refractivity contribution in [2.75, 3.05) is 0 Å². The van der Waals surface area contributed by atoms with E-state index in [1.807, 2.05) is 0 Å². The van der Waals surface area contributed by atoms with Gasteiger partial charge in [0.1, 0.15) is 5.70 Å². The molecule has 0 atom stereocenters. The molecule has 114 valence electrons. The van der Waals surface area contributed by atoms with E-state index >= 15 is 0 Å². The lowest BCUT2D eigenvalue weighted by Gasteiger charge is -2.14. The van der Waals surface area contributed by atoms with Crippen LogP contribution in [0.25, 0.3) is 0 Å².